The van der Waals surface area contributed by atoms with E-state index in [0.29, 0.717) is 24.3 Å². The fraction of sp³-hybridized carbons (Fsp3) is 0.467. The number of benzene rings is 1. The van der Waals surface area contributed by atoms with Crippen LogP contribution in [0.15, 0.2) is 18.2 Å². The monoisotopic (exact) mass is 277 g/mol. The molecule has 0 unspecified atom stereocenters. The Morgan fingerprint density at radius 3 is 2.80 bits per heavy atom. The molecule has 0 aromatic heterocycles. The van der Waals surface area contributed by atoms with Crippen molar-refractivity contribution in [3.05, 3.63) is 29.6 Å². The molecule has 1 rings (SSSR count). The second-order valence-corrected chi connectivity index (χ2v) is 4.78. The molecule has 0 aliphatic heterocycles. The number of nitrogens with zero attached hydrogens (tertiary/aromatic N) is 2. The molecule has 0 spiro atoms. The van der Waals surface area contributed by atoms with Crippen molar-refractivity contribution in [2.24, 2.45) is 5.92 Å². The second kappa shape index (κ2) is 7.49. The molecule has 1 amide bonds. The number of aryl methyl sites for hydroxylation is 1. The molecule has 0 aliphatic rings. The van der Waals surface area contributed by atoms with E-state index < -0.39 is 0 Å². The van der Waals surface area contributed by atoms with Gasteiger partial charge in [0.25, 0.3) is 0 Å². The van der Waals surface area contributed by atoms with Crippen LogP contribution in [0.2, 0.25) is 0 Å². The Morgan fingerprint density at radius 2 is 2.25 bits per heavy atom. The molecule has 0 aliphatic carbocycles. The Labute approximate surface area is 119 Å². The first-order valence-corrected chi connectivity index (χ1v) is 6.65. The van der Waals surface area contributed by atoms with E-state index >= 15 is 0 Å². The summed E-state index contributed by atoms with van der Waals surface area (Å²) in [6.45, 7) is 6.47. The van der Waals surface area contributed by atoms with Crippen molar-refractivity contribution in [2.45, 2.75) is 20.8 Å². The summed E-state index contributed by atoms with van der Waals surface area (Å²) in [5.41, 5.74) is 1.24. The van der Waals surface area contributed by atoms with Crippen molar-refractivity contribution in [3.63, 3.8) is 0 Å². The van der Waals surface area contributed by atoms with E-state index in [0.717, 1.165) is 0 Å². The summed E-state index contributed by atoms with van der Waals surface area (Å²) in [5, 5.41) is 11.8. The molecule has 5 heteroatoms. The van der Waals surface area contributed by atoms with Crippen LogP contribution in [0.1, 0.15) is 19.4 Å². The zero-order chi connectivity index (χ0) is 15.1. The first kappa shape index (κ1) is 16.0. The number of nitriles is 1. The van der Waals surface area contributed by atoms with Gasteiger partial charge in [-0.15, -0.1) is 0 Å². The maximum atomic E-state index is 13.1. The van der Waals surface area contributed by atoms with Gasteiger partial charge in [0.15, 0.2) is 0 Å². The maximum Gasteiger partial charge on any atom is 0.241 e. The summed E-state index contributed by atoms with van der Waals surface area (Å²) in [6.07, 6.45) is 0. The zero-order valence-electron chi connectivity index (χ0n) is 12.1. The molecule has 108 valence electrons. The topological polar surface area (TPSA) is 56.1 Å². The average molecular weight is 277 g/mol. The van der Waals surface area contributed by atoms with Crippen molar-refractivity contribution >= 4 is 11.6 Å². The van der Waals surface area contributed by atoms with Crippen molar-refractivity contribution in [2.75, 3.05) is 25.0 Å². The fourth-order valence-electron chi connectivity index (χ4n) is 1.82. The standard InChI is InChI=1S/C15H20FN3O/c1-4-19(10-11(2)8-17)15(20)9-18-13-5-6-14(16)12(3)7-13/h5-7,11,18H,4,9-10H2,1-3H3/t11-/m0/s1. The SMILES string of the molecule is CCN(C[C@@H](C)C#N)C(=O)CNc1ccc(F)c(C)c1. The van der Waals surface area contributed by atoms with Gasteiger partial charge in [0.1, 0.15) is 5.82 Å². The number of likely N-dealkylation sites (N-methyl/N-ethyl adjacent to an activating group) is 1. The second-order valence-electron chi connectivity index (χ2n) is 4.78. The molecule has 0 heterocycles. The number of rotatable bonds is 6. The van der Waals surface area contributed by atoms with Gasteiger partial charge in [-0.25, -0.2) is 4.39 Å². The average Bonchev–Trinajstić information content (AvgIpc) is 2.45. The van der Waals surface area contributed by atoms with Crippen LogP contribution in [0.4, 0.5) is 10.1 Å². The van der Waals surface area contributed by atoms with Gasteiger partial charge in [0.2, 0.25) is 5.91 Å². The molecule has 1 aromatic carbocycles. The van der Waals surface area contributed by atoms with Crippen LogP contribution in [0.5, 0.6) is 0 Å². The number of halogens is 1. The van der Waals surface area contributed by atoms with E-state index in [1.54, 1.807) is 30.9 Å². The van der Waals surface area contributed by atoms with E-state index in [-0.39, 0.29) is 24.2 Å². The summed E-state index contributed by atoms with van der Waals surface area (Å²) >= 11 is 0. The summed E-state index contributed by atoms with van der Waals surface area (Å²) in [5.74, 6) is -0.525. The van der Waals surface area contributed by atoms with Crippen LogP contribution in [0, 0.1) is 30.0 Å². The van der Waals surface area contributed by atoms with Gasteiger partial charge in [-0.05, 0) is 44.5 Å². The molecular formula is C15H20FN3O. The lowest BCUT2D eigenvalue weighted by Crippen LogP contribution is -2.38. The van der Waals surface area contributed by atoms with Crippen LogP contribution < -0.4 is 5.32 Å². The summed E-state index contributed by atoms with van der Waals surface area (Å²) in [6, 6.07) is 6.75. The highest BCUT2D eigenvalue weighted by Crippen LogP contribution is 2.13. The van der Waals surface area contributed by atoms with Gasteiger partial charge in [-0.3, -0.25) is 4.79 Å². The number of carbonyl (C=O) groups excluding carboxylic acids is 1. The first-order chi connectivity index (χ1) is 9.47. The van der Waals surface area contributed by atoms with E-state index in [9.17, 15) is 9.18 Å². The number of hydrogen-bond donors (Lipinski definition) is 1. The first-order valence-electron chi connectivity index (χ1n) is 6.65. The molecule has 1 N–H and O–H groups in total. The maximum absolute atomic E-state index is 13.1. The van der Waals surface area contributed by atoms with E-state index in [1.165, 1.54) is 6.07 Å². The Hall–Kier alpha value is -2.09. The van der Waals surface area contributed by atoms with Gasteiger partial charge in [-0.2, -0.15) is 5.26 Å². The Kier molecular flexibility index (Phi) is 5.98. The van der Waals surface area contributed by atoms with Gasteiger partial charge in [-0.1, -0.05) is 0 Å². The number of hydrogen-bond acceptors (Lipinski definition) is 3. The lowest BCUT2D eigenvalue weighted by Gasteiger charge is -2.22. The summed E-state index contributed by atoms with van der Waals surface area (Å²) in [4.78, 5) is 13.7. The molecule has 20 heavy (non-hydrogen) atoms. The van der Waals surface area contributed by atoms with Crippen LogP contribution >= 0.6 is 0 Å². The van der Waals surface area contributed by atoms with E-state index in [2.05, 4.69) is 11.4 Å². The third kappa shape index (κ3) is 4.54. The van der Waals surface area contributed by atoms with Gasteiger partial charge in [0, 0.05) is 18.8 Å². The minimum absolute atomic E-state index is 0.0726. The van der Waals surface area contributed by atoms with E-state index in [1.807, 2.05) is 6.92 Å². The molecule has 4 nitrogen and oxygen atoms in total. The lowest BCUT2D eigenvalue weighted by molar-refractivity contribution is -0.129. The van der Waals surface area contributed by atoms with Gasteiger partial charge >= 0.3 is 0 Å². The number of amides is 1. The smallest absolute Gasteiger partial charge is 0.241 e. The van der Waals surface area contributed by atoms with Crippen molar-refractivity contribution in [3.8, 4) is 6.07 Å². The highest BCUT2D eigenvalue weighted by molar-refractivity contribution is 5.80. The zero-order valence-corrected chi connectivity index (χ0v) is 12.1. The predicted octanol–water partition coefficient (Wildman–Crippen LogP) is 2.55. The van der Waals surface area contributed by atoms with Crippen LogP contribution in [-0.2, 0) is 4.79 Å². The normalized spacial score (nSPS) is 11.6. The molecule has 0 saturated carbocycles. The third-order valence-corrected chi connectivity index (χ3v) is 3.05. The highest BCUT2D eigenvalue weighted by atomic mass is 19.1. The highest BCUT2D eigenvalue weighted by Gasteiger charge is 2.14. The van der Waals surface area contributed by atoms with Crippen LogP contribution in [-0.4, -0.2) is 30.4 Å². The number of anilines is 1. The van der Waals surface area contributed by atoms with Crippen LogP contribution in [0.25, 0.3) is 0 Å². The third-order valence-electron chi connectivity index (χ3n) is 3.05. The summed E-state index contributed by atoms with van der Waals surface area (Å²) in [7, 11) is 0. The molecule has 1 aromatic rings. The van der Waals surface area contributed by atoms with Crippen LogP contribution in [0.3, 0.4) is 0 Å². The number of nitrogens with one attached hydrogen (secondary N) is 1. The minimum atomic E-state index is -0.264. The molecule has 0 saturated heterocycles. The summed E-state index contributed by atoms with van der Waals surface area (Å²) < 4.78 is 13.1. The lowest BCUT2D eigenvalue weighted by atomic mass is 10.2. The quantitative estimate of drug-likeness (QED) is 0.869. The molecule has 0 fully saturated rings. The van der Waals surface area contributed by atoms with Crippen molar-refractivity contribution in [1.29, 1.82) is 5.26 Å². The van der Waals surface area contributed by atoms with Crippen molar-refractivity contribution < 1.29 is 9.18 Å². The Morgan fingerprint density at radius 1 is 1.55 bits per heavy atom. The Balaban J connectivity index is 2.57. The molecule has 1 atom stereocenters. The predicted molar refractivity (Wildman–Crippen MR) is 76.7 cm³/mol. The Bertz CT molecular complexity index is 510. The fourth-order valence-corrected chi connectivity index (χ4v) is 1.82. The van der Waals surface area contributed by atoms with Gasteiger partial charge in [0.05, 0.1) is 18.5 Å². The minimum Gasteiger partial charge on any atom is -0.376 e. The van der Waals surface area contributed by atoms with Gasteiger partial charge < -0.3 is 10.2 Å². The number of carbonyl (C=O) groups is 1. The molecule has 0 bridgehead atoms. The van der Waals surface area contributed by atoms with Crippen molar-refractivity contribution in [1.82, 2.24) is 4.90 Å². The van der Waals surface area contributed by atoms with E-state index in [4.69, 9.17) is 5.26 Å². The molecule has 0 radical (unpaired) electrons. The molecular weight excluding hydrogens is 257 g/mol. The largest absolute Gasteiger partial charge is 0.376 e.